The molecule has 4 heteroatoms. The molecule has 0 atom stereocenters. The Hall–Kier alpha value is -2.04. The Bertz CT molecular complexity index is 768. The maximum absolute atomic E-state index is 13.0. The second-order valence-corrected chi connectivity index (χ2v) is 7.18. The molecule has 0 amide bonds. The molecule has 2 aromatic rings. The minimum atomic E-state index is 0.0863. The molecule has 0 radical (unpaired) electrons. The molecule has 124 valence electrons. The molecule has 0 aliphatic carbocycles. The molecule has 1 aliphatic rings. The SMILES string of the molecule is CN(C)CCCN/C=C1/C(=O)c2ccccc2Sc2ccccc21. The molecule has 0 saturated heterocycles. The number of rotatable bonds is 5. The molecule has 1 N–H and O–H groups in total. The van der Waals surface area contributed by atoms with Gasteiger partial charge in [0.05, 0.1) is 0 Å². The average Bonchev–Trinajstić information content (AvgIpc) is 2.69. The first-order valence-corrected chi connectivity index (χ1v) is 8.98. The second-order valence-electron chi connectivity index (χ2n) is 6.09. The van der Waals surface area contributed by atoms with E-state index in [2.05, 4.69) is 30.4 Å². The normalized spacial score (nSPS) is 15.1. The largest absolute Gasteiger partial charge is 0.390 e. The lowest BCUT2D eigenvalue weighted by atomic mass is 9.97. The van der Waals surface area contributed by atoms with Crippen LogP contribution in [-0.4, -0.2) is 37.9 Å². The van der Waals surface area contributed by atoms with Gasteiger partial charge in [0.25, 0.3) is 0 Å². The molecular formula is C20H22N2OS. The molecule has 24 heavy (non-hydrogen) atoms. The first-order valence-electron chi connectivity index (χ1n) is 8.16. The number of hydrogen-bond acceptors (Lipinski definition) is 4. The molecule has 1 heterocycles. The third-order valence-electron chi connectivity index (χ3n) is 3.95. The van der Waals surface area contributed by atoms with Crippen LogP contribution < -0.4 is 5.32 Å². The Morgan fingerprint density at radius 3 is 2.33 bits per heavy atom. The van der Waals surface area contributed by atoms with Gasteiger partial charge < -0.3 is 10.2 Å². The van der Waals surface area contributed by atoms with Crippen LogP contribution in [0.5, 0.6) is 0 Å². The summed E-state index contributed by atoms with van der Waals surface area (Å²) in [5.74, 6) is 0.0863. The van der Waals surface area contributed by atoms with E-state index in [4.69, 9.17) is 0 Å². The quantitative estimate of drug-likeness (QED) is 0.662. The predicted molar refractivity (Wildman–Crippen MR) is 100 cm³/mol. The van der Waals surface area contributed by atoms with Crippen molar-refractivity contribution in [3.63, 3.8) is 0 Å². The van der Waals surface area contributed by atoms with E-state index >= 15 is 0 Å². The number of nitrogens with zero attached hydrogens (tertiary/aromatic N) is 1. The first-order chi connectivity index (χ1) is 11.7. The molecule has 2 aromatic carbocycles. The molecular weight excluding hydrogens is 316 g/mol. The maximum atomic E-state index is 13.0. The zero-order chi connectivity index (χ0) is 16.9. The molecule has 3 nitrogen and oxygen atoms in total. The van der Waals surface area contributed by atoms with Gasteiger partial charge in [0, 0.05) is 39.2 Å². The molecule has 0 unspecified atom stereocenters. The van der Waals surface area contributed by atoms with Crippen LogP contribution in [0.2, 0.25) is 0 Å². The maximum Gasteiger partial charge on any atom is 0.196 e. The number of Topliss-reactive ketones (excluding diaryl/α,β-unsaturated/α-hetero) is 1. The number of carbonyl (C=O) groups excluding carboxylic acids is 1. The summed E-state index contributed by atoms with van der Waals surface area (Å²) in [6.45, 7) is 1.88. The van der Waals surface area contributed by atoms with Gasteiger partial charge in [-0.05, 0) is 45.3 Å². The summed E-state index contributed by atoms with van der Waals surface area (Å²) in [7, 11) is 4.13. The van der Waals surface area contributed by atoms with E-state index in [1.54, 1.807) is 11.8 Å². The molecule has 0 aromatic heterocycles. The summed E-state index contributed by atoms with van der Waals surface area (Å²) in [5.41, 5.74) is 2.52. The van der Waals surface area contributed by atoms with E-state index in [1.807, 2.05) is 48.7 Å². The standard InChI is InChI=1S/C20H22N2OS/c1-22(2)13-7-12-21-14-17-15-8-3-5-10-18(15)24-19-11-6-4-9-16(19)20(17)23/h3-6,8-11,14,21H,7,12-13H2,1-2H3/b17-14+. The van der Waals surface area contributed by atoms with Crippen molar-refractivity contribution in [1.82, 2.24) is 10.2 Å². The van der Waals surface area contributed by atoms with Crippen molar-refractivity contribution in [2.24, 2.45) is 0 Å². The highest BCUT2D eigenvalue weighted by Gasteiger charge is 2.24. The number of ketones is 1. The summed E-state index contributed by atoms with van der Waals surface area (Å²) in [6.07, 6.45) is 2.93. The number of benzene rings is 2. The first kappa shape index (κ1) is 16.8. The van der Waals surface area contributed by atoms with Crippen LogP contribution in [0.25, 0.3) is 5.57 Å². The highest BCUT2D eigenvalue weighted by Crippen LogP contribution is 2.40. The van der Waals surface area contributed by atoms with E-state index in [1.165, 1.54) is 0 Å². The summed E-state index contributed by atoms with van der Waals surface area (Å²) >= 11 is 1.66. The van der Waals surface area contributed by atoms with Crippen molar-refractivity contribution in [3.8, 4) is 0 Å². The number of nitrogens with one attached hydrogen (secondary N) is 1. The number of fused-ring (bicyclic) bond motifs is 2. The number of hydrogen-bond donors (Lipinski definition) is 1. The van der Waals surface area contributed by atoms with Crippen LogP contribution in [0.3, 0.4) is 0 Å². The summed E-state index contributed by atoms with van der Waals surface area (Å²) in [4.78, 5) is 17.3. The Labute approximate surface area is 147 Å². The number of carbonyl (C=O) groups is 1. The third-order valence-corrected chi connectivity index (χ3v) is 5.10. The smallest absolute Gasteiger partial charge is 0.196 e. The summed E-state index contributed by atoms with van der Waals surface area (Å²) in [5, 5.41) is 3.32. The zero-order valence-corrected chi connectivity index (χ0v) is 14.9. The van der Waals surface area contributed by atoms with Gasteiger partial charge in [-0.2, -0.15) is 0 Å². The molecule has 3 rings (SSSR count). The van der Waals surface area contributed by atoms with E-state index in [-0.39, 0.29) is 5.78 Å². The van der Waals surface area contributed by atoms with Crippen LogP contribution in [0.15, 0.2) is 64.5 Å². The topological polar surface area (TPSA) is 32.3 Å². The van der Waals surface area contributed by atoms with Gasteiger partial charge in [-0.25, -0.2) is 0 Å². The summed E-state index contributed by atoms with van der Waals surface area (Å²) in [6, 6.07) is 16.0. The lowest BCUT2D eigenvalue weighted by Gasteiger charge is -2.11. The highest BCUT2D eigenvalue weighted by atomic mass is 32.2. The number of allylic oxidation sites excluding steroid dienone is 1. The van der Waals surface area contributed by atoms with Crippen molar-refractivity contribution in [2.45, 2.75) is 16.2 Å². The van der Waals surface area contributed by atoms with Crippen molar-refractivity contribution in [3.05, 3.63) is 65.9 Å². The van der Waals surface area contributed by atoms with Crippen LogP contribution >= 0.6 is 11.8 Å². The van der Waals surface area contributed by atoms with Gasteiger partial charge in [0.15, 0.2) is 5.78 Å². The summed E-state index contributed by atoms with van der Waals surface area (Å²) < 4.78 is 0. The Morgan fingerprint density at radius 1 is 1.00 bits per heavy atom. The van der Waals surface area contributed by atoms with Crippen molar-refractivity contribution >= 4 is 23.1 Å². The lowest BCUT2D eigenvalue weighted by molar-refractivity contribution is 0.105. The van der Waals surface area contributed by atoms with Crippen molar-refractivity contribution in [1.29, 1.82) is 0 Å². The van der Waals surface area contributed by atoms with Gasteiger partial charge in [0.1, 0.15) is 0 Å². The monoisotopic (exact) mass is 338 g/mol. The predicted octanol–water partition coefficient (Wildman–Crippen LogP) is 3.92. The minimum Gasteiger partial charge on any atom is -0.390 e. The Balaban J connectivity index is 1.90. The Morgan fingerprint density at radius 2 is 1.62 bits per heavy atom. The molecule has 0 bridgehead atoms. The fraction of sp³-hybridized carbons (Fsp3) is 0.250. The van der Waals surface area contributed by atoms with Gasteiger partial charge in [-0.15, -0.1) is 0 Å². The van der Waals surface area contributed by atoms with Gasteiger partial charge in [0.2, 0.25) is 0 Å². The molecule has 0 fully saturated rings. The van der Waals surface area contributed by atoms with Crippen LogP contribution in [0.4, 0.5) is 0 Å². The fourth-order valence-corrected chi connectivity index (χ4v) is 3.81. The van der Waals surface area contributed by atoms with Crippen LogP contribution in [-0.2, 0) is 0 Å². The third kappa shape index (κ3) is 3.71. The second kappa shape index (κ2) is 7.69. The molecule has 0 spiro atoms. The van der Waals surface area contributed by atoms with Gasteiger partial charge in [-0.3, -0.25) is 4.79 Å². The van der Waals surface area contributed by atoms with Crippen LogP contribution in [0, 0.1) is 0 Å². The molecule has 1 aliphatic heterocycles. The Kier molecular flexibility index (Phi) is 5.38. The minimum absolute atomic E-state index is 0.0863. The van der Waals surface area contributed by atoms with Gasteiger partial charge in [-0.1, -0.05) is 42.1 Å². The lowest BCUT2D eigenvalue weighted by Crippen LogP contribution is -2.19. The van der Waals surface area contributed by atoms with E-state index in [0.717, 1.165) is 46.0 Å². The zero-order valence-electron chi connectivity index (χ0n) is 14.1. The van der Waals surface area contributed by atoms with E-state index < -0.39 is 0 Å². The van der Waals surface area contributed by atoms with E-state index in [0.29, 0.717) is 0 Å². The fourth-order valence-electron chi connectivity index (χ4n) is 2.72. The van der Waals surface area contributed by atoms with Crippen LogP contribution in [0.1, 0.15) is 22.3 Å². The van der Waals surface area contributed by atoms with Crippen molar-refractivity contribution < 1.29 is 4.79 Å². The van der Waals surface area contributed by atoms with E-state index in [9.17, 15) is 4.79 Å². The average molecular weight is 338 g/mol. The molecule has 0 saturated carbocycles. The highest BCUT2D eigenvalue weighted by molar-refractivity contribution is 7.99. The van der Waals surface area contributed by atoms with Gasteiger partial charge >= 0.3 is 0 Å². The van der Waals surface area contributed by atoms with Crippen molar-refractivity contribution in [2.75, 3.05) is 27.2 Å².